The van der Waals surface area contributed by atoms with E-state index in [9.17, 15) is 18.0 Å². The second-order valence-electron chi connectivity index (χ2n) is 7.88. The van der Waals surface area contributed by atoms with Gasteiger partial charge in [-0.2, -0.15) is 4.31 Å². The lowest BCUT2D eigenvalue weighted by Crippen LogP contribution is -2.45. The van der Waals surface area contributed by atoms with Gasteiger partial charge < -0.3 is 14.8 Å². The van der Waals surface area contributed by atoms with Crippen molar-refractivity contribution in [1.82, 2.24) is 23.7 Å². The van der Waals surface area contributed by atoms with Gasteiger partial charge in [0.25, 0.3) is 10.0 Å². The zero-order valence-electron chi connectivity index (χ0n) is 18.2. The summed E-state index contributed by atoms with van der Waals surface area (Å²) in [5, 5.41) is 2.71. The van der Waals surface area contributed by atoms with Crippen LogP contribution in [0.15, 0.2) is 29.6 Å². The van der Waals surface area contributed by atoms with E-state index in [2.05, 4.69) is 15.3 Å². The van der Waals surface area contributed by atoms with Gasteiger partial charge in [-0.3, -0.25) is 9.59 Å². The number of nitrogens with zero attached hydrogens (tertiary/aromatic N) is 5. The van der Waals surface area contributed by atoms with Crippen LogP contribution in [0.4, 0.5) is 5.82 Å². The number of hydrogen-bond donors (Lipinski definition) is 1. The van der Waals surface area contributed by atoms with E-state index in [1.54, 1.807) is 37.8 Å². The predicted octanol–water partition coefficient (Wildman–Crippen LogP) is 0.930. The van der Waals surface area contributed by atoms with Gasteiger partial charge in [-0.15, -0.1) is 0 Å². The van der Waals surface area contributed by atoms with Gasteiger partial charge in [0.2, 0.25) is 11.8 Å². The molecule has 1 fully saturated rings. The van der Waals surface area contributed by atoms with Gasteiger partial charge in [-0.1, -0.05) is 0 Å². The summed E-state index contributed by atoms with van der Waals surface area (Å²) in [5.41, 5.74) is 0.970. The van der Waals surface area contributed by atoms with Gasteiger partial charge in [0, 0.05) is 45.5 Å². The number of carbonyl (C=O) groups is 2. The van der Waals surface area contributed by atoms with Crippen molar-refractivity contribution in [2.45, 2.75) is 31.7 Å². The lowest BCUT2D eigenvalue weighted by atomic mass is 9.97. The molecule has 0 saturated carbocycles. The quantitative estimate of drug-likeness (QED) is 0.703. The fourth-order valence-electron chi connectivity index (χ4n) is 3.52. The third kappa shape index (κ3) is 5.28. The number of piperidine rings is 1. The zero-order chi connectivity index (χ0) is 22.8. The van der Waals surface area contributed by atoms with Crippen LogP contribution in [0, 0.1) is 19.8 Å². The number of likely N-dealkylation sites (N-methyl/N-ethyl adjacent to an activating group) is 1. The Balaban J connectivity index is 1.54. The van der Waals surface area contributed by atoms with Gasteiger partial charge in [0.05, 0.1) is 6.54 Å². The molecule has 1 saturated heterocycles. The molecule has 3 heterocycles. The first-order chi connectivity index (χ1) is 14.6. The smallest absolute Gasteiger partial charge is 0.262 e. The Labute approximate surface area is 182 Å². The van der Waals surface area contributed by atoms with Crippen LogP contribution in [0.1, 0.15) is 24.2 Å². The number of anilines is 1. The van der Waals surface area contributed by atoms with E-state index in [0.29, 0.717) is 24.5 Å². The van der Waals surface area contributed by atoms with Crippen LogP contribution in [0.2, 0.25) is 0 Å². The van der Waals surface area contributed by atoms with Crippen molar-refractivity contribution in [2.24, 2.45) is 13.0 Å². The molecule has 1 aliphatic rings. The lowest BCUT2D eigenvalue weighted by Gasteiger charge is -2.31. The van der Waals surface area contributed by atoms with Crippen molar-refractivity contribution in [1.29, 1.82) is 0 Å². The summed E-state index contributed by atoms with van der Waals surface area (Å²) in [7, 11) is -0.367. The van der Waals surface area contributed by atoms with Gasteiger partial charge in [-0.25, -0.2) is 18.4 Å². The number of pyridine rings is 1. The molecule has 2 amide bonds. The molecule has 2 aromatic rings. The first kappa shape index (κ1) is 22.9. The van der Waals surface area contributed by atoms with Crippen LogP contribution >= 0.6 is 0 Å². The summed E-state index contributed by atoms with van der Waals surface area (Å²) < 4.78 is 28.6. The van der Waals surface area contributed by atoms with Crippen molar-refractivity contribution in [2.75, 3.05) is 32.0 Å². The van der Waals surface area contributed by atoms with E-state index in [1.807, 2.05) is 13.0 Å². The normalized spacial score (nSPS) is 15.6. The number of rotatable bonds is 6. The van der Waals surface area contributed by atoms with E-state index in [1.165, 1.54) is 15.4 Å². The average Bonchev–Trinajstić information content (AvgIpc) is 3.06. The molecule has 0 aliphatic carbocycles. The molecule has 0 bridgehead atoms. The lowest BCUT2D eigenvalue weighted by molar-refractivity contribution is -0.138. The van der Waals surface area contributed by atoms with Crippen LogP contribution in [0.3, 0.4) is 0 Å². The van der Waals surface area contributed by atoms with Crippen LogP contribution in [0.25, 0.3) is 0 Å². The van der Waals surface area contributed by atoms with E-state index in [4.69, 9.17) is 0 Å². The maximum atomic E-state index is 12.8. The SMILES string of the molecule is Cc1ccnc(NC(=O)CN(C)C(=O)C2CCN(S(=O)(=O)c3cn(C)c(C)n3)CC2)c1. The minimum atomic E-state index is -3.68. The molecule has 0 atom stereocenters. The highest BCUT2D eigenvalue weighted by atomic mass is 32.2. The number of nitrogens with one attached hydrogen (secondary N) is 1. The molecule has 1 N–H and O–H groups in total. The van der Waals surface area contributed by atoms with Gasteiger partial charge in [0.1, 0.15) is 11.6 Å². The minimum absolute atomic E-state index is 0.0239. The second-order valence-corrected chi connectivity index (χ2v) is 9.76. The van der Waals surface area contributed by atoms with Crippen LogP contribution in [-0.2, 0) is 26.7 Å². The first-order valence-corrected chi connectivity index (χ1v) is 11.5. The van der Waals surface area contributed by atoms with Crippen LogP contribution < -0.4 is 5.32 Å². The summed E-state index contributed by atoms with van der Waals surface area (Å²) in [6.07, 6.45) is 3.90. The predicted molar refractivity (Wildman–Crippen MR) is 115 cm³/mol. The van der Waals surface area contributed by atoms with Crippen molar-refractivity contribution in [3.8, 4) is 0 Å². The van der Waals surface area contributed by atoms with E-state index < -0.39 is 10.0 Å². The van der Waals surface area contributed by atoms with Crippen molar-refractivity contribution in [3.63, 3.8) is 0 Å². The summed E-state index contributed by atoms with van der Waals surface area (Å²) >= 11 is 0. The van der Waals surface area contributed by atoms with Crippen LogP contribution in [-0.4, -0.2) is 70.7 Å². The highest BCUT2D eigenvalue weighted by Crippen LogP contribution is 2.24. The van der Waals surface area contributed by atoms with Crippen molar-refractivity contribution in [3.05, 3.63) is 35.9 Å². The van der Waals surface area contributed by atoms with E-state index in [-0.39, 0.29) is 42.4 Å². The molecule has 2 aromatic heterocycles. The van der Waals surface area contributed by atoms with Crippen molar-refractivity contribution >= 4 is 27.7 Å². The zero-order valence-corrected chi connectivity index (χ0v) is 19.0. The molecule has 3 rings (SSSR count). The molecule has 10 nitrogen and oxygen atoms in total. The molecule has 0 spiro atoms. The number of carbonyl (C=O) groups excluding carboxylic acids is 2. The number of imidazole rings is 1. The largest absolute Gasteiger partial charge is 0.337 e. The Bertz CT molecular complexity index is 1050. The summed E-state index contributed by atoms with van der Waals surface area (Å²) in [6.45, 7) is 4.02. The molecule has 168 valence electrons. The van der Waals surface area contributed by atoms with E-state index >= 15 is 0 Å². The Morgan fingerprint density at radius 1 is 1.26 bits per heavy atom. The third-order valence-corrected chi connectivity index (χ3v) is 7.20. The number of hydrogen-bond acceptors (Lipinski definition) is 6. The van der Waals surface area contributed by atoms with Crippen molar-refractivity contribution < 1.29 is 18.0 Å². The number of sulfonamides is 1. The second kappa shape index (κ2) is 9.15. The summed E-state index contributed by atoms with van der Waals surface area (Å²) in [4.78, 5) is 34.6. The molecule has 31 heavy (non-hydrogen) atoms. The van der Waals surface area contributed by atoms with Gasteiger partial charge in [-0.05, 0) is 44.4 Å². The highest BCUT2D eigenvalue weighted by Gasteiger charge is 2.34. The standard InChI is InChI=1S/C20H28N6O4S/c1-14-5-8-21-17(11-14)23-18(27)12-25(4)20(28)16-6-9-26(10-7-16)31(29,30)19-13-24(3)15(2)22-19/h5,8,11,13,16H,6-7,9-10,12H2,1-4H3,(H,21,23,27). The van der Waals surface area contributed by atoms with Crippen LogP contribution in [0.5, 0.6) is 0 Å². The minimum Gasteiger partial charge on any atom is -0.337 e. The molecule has 11 heteroatoms. The number of aryl methyl sites for hydroxylation is 3. The summed E-state index contributed by atoms with van der Waals surface area (Å²) in [6, 6.07) is 3.58. The molecule has 1 aliphatic heterocycles. The average molecular weight is 449 g/mol. The third-order valence-electron chi connectivity index (χ3n) is 5.43. The molecule has 0 aromatic carbocycles. The van der Waals surface area contributed by atoms with Gasteiger partial charge in [0.15, 0.2) is 5.03 Å². The first-order valence-electron chi connectivity index (χ1n) is 10.1. The number of aromatic nitrogens is 3. The maximum absolute atomic E-state index is 12.8. The molecular weight excluding hydrogens is 420 g/mol. The molecular formula is C20H28N6O4S. The Kier molecular flexibility index (Phi) is 6.75. The topological polar surface area (TPSA) is 118 Å². The highest BCUT2D eigenvalue weighted by molar-refractivity contribution is 7.89. The molecule has 0 radical (unpaired) electrons. The monoisotopic (exact) mass is 448 g/mol. The summed E-state index contributed by atoms with van der Waals surface area (Å²) in [5.74, 6) is 0.225. The number of amides is 2. The Morgan fingerprint density at radius 3 is 2.52 bits per heavy atom. The fraction of sp³-hybridized carbons (Fsp3) is 0.500. The molecule has 0 unspecified atom stereocenters. The van der Waals surface area contributed by atoms with E-state index in [0.717, 1.165) is 5.56 Å². The fourth-order valence-corrected chi connectivity index (χ4v) is 5.01. The maximum Gasteiger partial charge on any atom is 0.262 e. The Hall–Kier alpha value is -2.79. The van der Waals surface area contributed by atoms with Gasteiger partial charge >= 0.3 is 0 Å². The Morgan fingerprint density at radius 2 is 1.94 bits per heavy atom.